The first-order valence-electron chi connectivity index (χ1n) is 10.5. The molecule has 1 atom stereocenters. The molecule has 10 nitrogen and oxygen atoms in total. The molecule has 4 rings (SSSR count). The van der Waals surface area contributed by atoms with Crippen LogP contribution in [0.1, 0.15) is 29.3 Å². The zero-order chi connectivity index (χ0) is 24.8. The van der Waals surface area contributed by atoms with E-state index in [1.165, 1.54) is 0 Å². The van der Waals surface area contributed by atoms with Gasteiger partial charge in [0.25, 0.3) is 10.0 Å². The number of carboxylic acids is 1. The van der Waals surface area contributed by atoms with Crippen molar-refractivity contribution in [1.29, 1.82) is 0 Å². The van der Waals surface area contributed by atoms with Gasteiger partial charge in [-0.1, -0.05) is 42.5 Å². The zero-order valence-corrected chi connectivity index (χ0v) is 19.5. The third-order valence-corrected chi connectivity index (χ3v) is 5.92. The van der Waals surface area contributed by atoms with Gasteiger partial charge in [0, 0.05) is 0 Å². The number of tetrazole rings is 1. The molecule has 0 saturated carbocycles. The van der Waals surface area contributed by atoms with Crippen molar-refractivity contribution in [3.05, 3.63) is 95.8 Å². The highest BCUT2D eigenvalue weighted by Crippen LogP contribution is 2.29. The Bertz CT molecular complexity index is 1410. The van der Waals surface area contributed by atoms with Crippen LogP contribution >= 0.6 is 0 Å². The van der Waals surface area contributed by atoms with Crippen LogP contribution in [0.15, 0.2) is 78.9 Å². The number of hydrogen-bond acceptors (Lipinski definition) is 8. The van der Waals surface area contributed by atoms with Crippen molar-refractivity contribution in [2.75, 3.05) is 6.26 Å². The maximum atomic E-state index is 12.0. The molecule has 180 valence electrons. The Morgan fingerprint density at radius 2 is 1.69 bits per heavy atom. The van der Waals surface area contributed by atoms with Gasteiger partial charge in [0.2, 0.25) is 0 Å². The molecule has 1 N–H and O–H groups in total. The molecule has 4 aromatic rings. The molecule has 0 fully saturated rings. The predicted octanol–water partition coefficient (Wildman–Crippen LogP) is 3.46. The Kier molecular flexibility index (Phi) is 7.06. The highest BCUT2D eigenvalue weighted by molar-refractivity contribution is 7.89. The Balaban J connectivity index is 1.47. The summed E-state index contributed by atoms with van der Waals surface area (Å²) in [5, 5.41) is 20.0. The lowest BCUT2D eigenvalue weighted by Gasteiger charge is -2.15. The first-order chi connectivity index (χ1) is 16.8. The fourth-order valence-corrected chi connectivity index (χ4v) is 4.11. The average molecular weight is 495 g/mol. The van der Waals surface area contributed by atoms with Gasteiger partial charge in [-0.05, 0) is 58.0 Å². The minimum absolute atomic E-state index is 0.0706. The summed E-state index contributed by atoms with van der Waals surface area (Å²) in [4.78, 5) is 11.4. The lowest BCUT2D eigenvalue weighted by molar-refractivity contribution is -0.137. The number of hydrogen-bond donors (Lipinski definition) is 1. The summed E-state index contributed by atoms with van der Waals surface area (Å²) in [6, 6.07) is 23.7. The van der Waals surface area contributed by atoms with Gasteiger partial charge in [-0.15, -0.1) is 9.19 Å². The van der Waals surface area contributed by atoms with E-state index >= 15 is 0 Å². The molecule has 0 aliphatic carbocycles. The van der Waals surface area contributed by atoms with Crippen molar-refractivity contribution in [2.24, 2.45) is 0 Å². The monoisotopic (exact) mass is 494 g/mol. The molecule has 0 aliphatic heterocycles. The molecule has 3 aromatic carbocycles. The molecule has 0 radical (unpaired) electrons. The fraction of sp³-hybridized carbons (Fsp3) is 0.167. The smallest absolute Gasteiger partial charge is 0.304 e. The maximum Gasteiger partial charge on any atom is 0.304 e. The van der Waals surface area contributed by atoms with E-state index in [0.29, 0.717) is 21.1 Å². The lowest BCUT2D eigenvalue weighted by Crippen LogP contribution is -2.20. The second-order valence-corrected chi connectivity index (χ2v) is 9.53. The molecule has 0 aliphatic rings. The molecule has 0 amide bonds. The second kappa shape index (κ2) is 10.3. The number of para-hydroxylation sites is 1. The number of carbonyl (C=O) groups is 1. The number of aliphatic carboxylic acids is 1. The van der Waals surface area contributed by atoms with Gasteiger partial charge < -0.3 is 14.6 Å². The number of nitrogens with zero attached hydrogens (tertiary/aromatic N) is 4. The summed E-state index contributed by atoms with van der Waals surface area (Å²) in [7, 11) is -3.80. The van der Waals surface area contributed by atoms with E-state index < -0.39 is 21.9 Å². The van der Waals surface area contributed by atoms with Crippen molar-refractivity contribution >= 4 is 16.0 Å². The molecule has 0 saturated heterocycles. The third kappa shape index (κ3) is 6.21. The van der Waals surface area contributed by atoms with Gasteiger partial charge in [-0.2, -0.15) is 0 Å². The Hall–Kier alpha value is -4.25. The summed E-state index contributed by atoms with van der Waals surface area (Å²) in [5.74, 6) is -0.0699. The van der Waals surface area contributed by atoms with E-state index in [9.17, 15) is 18.3 Å². The SMILES string of the molecule is CS(=O)(=O)n1nnnc1[C@@H](CC(=O)O)c1ccc(OCc2cccc(Oc3ccccc3)c2)cc1. The van der Waals surface area contributed by atoms with E-state index in [0.717, 1.165) is 17.6 Å². The van der Waals surface area contributed by atoms with Gasteiger partial charge >= 0.3 is 5.97 Å². The average Bonchev–Trinajstić information content (AvgIpc) is 3.33. The standard InChI is InChI=1S/C24H22N4O6S/c1-35(31,32)28-24(25-26-27-28)22(15-23(29)30)18-10-12-19(13-11-18)33-16-17-6-5-9-21(14-17)34-20-7-3-2-4-8-20/h2-14,22H,15-16H2,1H3,(H,29,30)/t22-/m0/s1. The largest absolute Gasteiger partial charge is 0.489 e. The quantitative estimate of drug-likeness (QED) is 0.352. The summed E-state index contributed by atoms with van der Waals surface area (Å²) >= 11 is 0. The summed E-state index contributed by atoms with van der Waals surface area (Å²) in [6.07, 6.45) is 0.561. The van der Waals surface area contributed by atoms with Crippen molar-refractivity contribution in [2.45, 2.75) is 18.9 Å². The van der Waals surface area contributed by atoms with Crippen molar-refractivity contribution in [3.63, 3.8) is 0 Å². The fourth-order valence-electron chi connectivity index (χ4n) is 3.44. The zero-order valence-electron chi connectivity index (χ0n) is 18.7. The summed E-state index contributed by atoms with van der Waals surface area (Å²) in [6.45, 7) is 0.288. The topological polar surface area (TPSA) is 134 Å². The van der Waals surface area contributed by atoms with Crippen LogP contribution < -0.4 is 9.47 Å². The maximum absolute atomic E-state index is 12.0. The predicted molar refractivity (Wildman–Crippen MR) is 126 cm³/mol. The van der Waals surface area contributed by atoms with Crippen LogP contribution in [-0.4, -0.2) is 45.4 Å². The summed E-state index contributed by atoms with van der Waals surface area (Å²) in [5.41, 5.74) is 1.44. The van der Waals surface area contributed by atoms with Crippen molar-refractivity contribution in [1.82, 2.24) is 19.6 Å². The molecule has 0 bridgehead atoms. The number of aromatic nitrogens is 4. The van der Waals surface area contributed by atoms with E-state index in [2.05, 4.69) is 15.5 Å². The molecule has 1 heterocycles. The molecular formula is C24H22N4O6S. The first-order valence-corrected chi connectivity index (χ1v) is 12.4. The molecule has 0 spiro atoms. The van der Waals surface area contributed by atoms with Crippen LogP contribution in [0, 0.1) is 0 Å². The van der Waals surface area contributed by atoms with Crippen LogP contribution in [0.4, 0.5) is 0 Å². The Morgan fingerprint density at radius 3 is 2.37 bits per heavy atom. The molecule has 35 heavy (non-hydrogen) atoms. The van der Waals surface area contributed by atoms with Crippen LogP contribution in [0.2, 0.25) is 0 Å². The van der Waals surface area contributed by atoms with E-state index in [-0.39, 0.29) is 18.9 Å². The second-order valence-electron chi connectivity index (χ2n) is 7.71. The van der Waals surface area contributed by atoms with Gasteiger partial charge in [-0.25, -0.2) is 8.42 Å². The highest BCUT2D eigenvalue weighted by Gasteiger charge is 2.27. The van der Waals surface area contributed by atoms with Gasteiger partial charge in [0.1, 0.15) is 23.9 Å². The van der Waals surface area contributed by atoms with Crippen LogP contribution in [0.3, 0.4) is 0 Å². The normalized spacial score (nSPS) is 12.1. The minimum Gasteiger partial charge on any atom is -0.489 e. The van der Waals surface area contributed by atoms with Crippen LogP contribution in [-0.2, 0) is 21.4 Å². The number of rotatable bonds is 10. The van der Waals surface area contributed by atoms with Gasteiger partial charge in [-0.3, -0.25) is 4.79 Å². The van der Waals surface area contributed by atoms with Gasteiger partial charge in [0.15, 0.2) is 5.82 Å². The molecule has 0 unspecified atom stereocenters. The van der Waals surface area contributed by atoms with Gasteiger partial charge in [0.05, 0.1) is 18.6 Å². The Labute approximate surface area is 201 Å². The number of carboxylic acid groups (broad SMARTS) is 1. The van der Waals surface area contributed by atoms with Crippen LogP contribution in [0.5, 0.6) is 17.2 Å². The first kappa shape index (κ1) is 23.9. The molecular weight excluding hydrogens is 472 g/mol. The Morgan fingerprint density at radius 1 is 0.971 bits per heavy atom. The third-order valence-electron chi connectivity index (χ3n) is 5.03. The van der Waals surface area contributed by atoms with E-state index in [1.54, 1.807) is 24.3 Å². The minimum atomic E-state index is -3.80. The number of ether oxygens (including phenoxy) is 2. The van der Waals surface area contributed by atoms with Crippen molar-refractivity contribution < 1.29 is 27.8 Å². The molecule has 11 heteroatoms. The van der Waals surface area contributed by atoms with E-state index in [4.69, 9.17) is 9.47 Å². The molecule has 1 aromatic heterocycles. The van der Waals surface area contributed by atoms with Crippen LogP contribution in [0.25, 0.3) is 0 Å². The van der Waals surface area contributed by atoms with Crippen molar-refractivity contribution in [3.8, 4) is 17.2 Å². The number of benzene rings is 3. The highest BCUT2D eigenvalue weighted by atomic mass is 32.2. The lowest BCUT2D eigenvalue weighted by atomic mass is 9.95. The summed E-state index contributed by atoms with van der Waals surface area (Å²) < 4.78 is 36.3. The van der Waals surface area contributed by atoms with E-state index in [1.807, 2.05) is 54.6 Å².